The highest BCUT2D eigenvalue weighted by molar-refractivity contribution is 5.90. The molecule has 2 rings (SSSR count). The number of hydrogen-bond donors (Lipinski definition) is 1. The minimum Gasteiger partial charge on any atom is -0.381 e. The van der Waals surface area contributed by atoms with Crippen LogP contribution >= 0.6 is 0 Å². The van der Waals surface area contributed by atoms with Crippen LogP contribution in [-0.4, -0.2) is 11.0 Å². The summed E-state index contributed by atoms with van der Waals surface area (Å²) in [4.78, 5) is 4.49. The molecular weight excluding hydrogens is 220 g/mol. The van der Waals surface area contributed by atoms with Crippen molar-refractivity contribution in [2.24, 2.45) is 0 Å². The molecule has 1 aromatic heterocycles. The van der Waals surface area contributed by atoms with Gasteiger partial charge in [0.2, 0.25) is 0 Å². The topological polar surface area (TPSA) is 24.9 Å². The van der Waals surface area contributed by atoms with E-state index in [4.69, 9.17) is 0 Å². The quantitative estimate of drug-likeness (QED) is 0.799. The van der Waals surface area contributed by atoms with Gasteiger partial charge in [0.05, 0.1) is 11.2 Å². The normalized spacial score (nSPS) is 12.6. The number of nitrogens with zero attached hydrogens (tertiary/aromatic N) is 1. The van der Waals surface area contributed by atoms with Gasteiger partial charge in [-0.05, 0) is 25.0 Å². The lowest BCUT2D eigenvalue weighted by Crippen LogP contribution is -2.18. The monoisotopic (exact) mass is 242 g/mol. The van der Waals surface area contributed by atoms with E-state index in [1.54, 1.807) is 0 Å². The molecule has 2 heteroatoms. The van der Waals surface area contributed by atoms with Crippen LogP contribution in [-0.2, 0) is 0 Å². The standard InChI is InChI=1S/C16H22N2/c1-3-5-10-14(4-2)18-15-11-6-8-13-9-7-12-17-16(13)15/h6-9,11-12,14,18H,3-5,10H2,1-2H3. The van der Waals surface area contributed by atoms with Crippen LogP contribution in [0.15, 0.2) is 36.5 Å². The van der Waals surface area contributed by atoms with Crippen LogP contribution in [0.3, 0.4) is 0 Å². The van der Waals surface area contributed by atoms with E-state index < -0.39 is 0 Å². The SMILES string of the molecule is CCCCC(CC)Nc1cccc2cccnc12. The molecule has 18 heavy (non-hydrogen) atoms. The molecule has 0 spiro atoms. The van der Waals surface area contributed by atoms with Crippen LogP contribution in [0.2, 0.25) is 0 Å². The van der Waals surface area contributed by atoms with Gasteiger partial charge >= 0.3 is 0 Å². The Morgan fingerprint density at radius 2 is 2.00 bits per heavy atom. The molecule has 1 N–H and O–H groups in total. The molecular formula is C16H22N2. The van der Waals surface area contributed by atoms with Gasteiger partial charge in [0.1, 0.15) is 0 Å². The van der Waals surface area contributed by atoms with E-state index in [1.807, 2.05) is 12.3 Å². The van der Waals surface area contributed by atoms with Gasteiger partial charge < -0.3 is 5.32 Å². The van der Waals surface area contributed by atoms with Crippen LogP contribution in [0.4, 0.5) is 5.69 Å². The fourth-order valence-electron chi connectivity index (χ4n) is 2.27. The molecule has 0 radical (unpaired) electrons. The smallest absolute Gasteiger partial charge is 0.0933 e. The highest BCUT2D eigenvalue weighted by atomic mass is 14.9. The fraction of sp³-hybridized carbons (Fsp3) is 0.438. The first-order valence-electron chi connectivity index (χ1n) is 6.95. The molecule has 0 saturated carbocycles. The minimum absolute atomic E-state index is 0.553. The summed E-state index contributed by atoms with van der Waals surface area (Å²) < 4.78 is 0. The van der Waals surface area contributed by atoms with Gasteiger partial charge in [-0.2, -0.15) is 0 Å². The number of hydrogen-bond acceptors (Lipinski definition) is 2. The Hall–Kier alpha value is -1.57. The van der Waals surface area contributed by atoms with Gasteiger partial charge in [0.25, 0.3) is 0 Å². The average molecular weight is 242 g/mol. The molecule has 1 unspecified atom stereocenters. The molecule has 0 aliphatic carbocycles. The van der Waals surface area contributed by atoms with Gasteiger partial charge in [0, 0.05) is 17.6 Å². The van der Waals surface area contributed by atoms with Gasteiger partial charge in [0.15, 0.2) is 0 Å². The summed E-state index contributed by atoms with van der Waals surface area (Å²) >= 11 is 0. The summed E-state index contributed by atoms with van der Waals surface area (Å²) in [7, 11) is 0. The second-order valence-corrected chi connectivity index (χ2v) is 4.77. The predicted octanol–water partition coefficient (Wildman–Crippen LogP) is 4.62. The van der Waals surface area contributed by atoms with Gasteiger partial charge in [-0.3, -0.25) is 4.98 Å². The predicted molar refractivity (Wildman–Crippen MR) is 79.0 cm³/mol. The second-order valence-electron chi connectivity index (χ2n) is 4.77. The third-order valence-electron chi connectivity index (χ3n) is 3.39. The summed E-state index contributed by atoms with van der Waals surface area (Å²) in [5.41, 5.74) is 2.24. The van der Waals surface area contributed by atoms with Gasteiger partial charge in [-0.15, -0.1) is 0 Å². The molecule has 1 heterocycles. The van der Waals surface area contributed by atoms with E-state index in [0.29, 0.717) is 6.04 Å². The number of para-hydroxylation sites is 1. The Bertz CT molecular complexity index is 488. The van der Waals surface area contributed by atoms with Crippen molar-refractivity contribution in [2.45, 2.75) is 45.6 Å². The maximum absolute atomic E-state index is 4.49. The van der Waals surface area contributed by atoms with Crippen molar-refractivity contribution in [3.63, 3.8) is 0 Å². The molecule has 96 valence electrons. The Morgan fingerprint density at radius 1 is 1.17 bits per heavy atom. The Labute approximate surface area is 109 Å². The second kappa shape index (κ2) is 6.39. The van der Waals surface area contributed by atoms with E-state index in [-0.39, 0.29) is 0 Å². The number of unbranched alkanes of at least 4 members (excludes halogenated alkanes) is 1. The molecule has 2 aromatic rings. The Morgan fingerprint density at radius 3 is 2.78 bits per heavy atom. The molecule has 0 saturated heterocycles. The zero-order valence-corrected chi connectivity index (χ0v) is 11.3. The van der Waals surface area contributed by atoms with Crippen molar-refractivity contribution >= 4 is 16.6 Å². The molecule has 0 aliphatic heterocycles. The van der Waals surface area contributed by atoms with Crippen molar-refractivity contribution in [3.8, 4) is 0 Å². The van der Waals surface area contributed by atoms with Crippen molar-refractivity contribution < 1.29 is 0 Å². The first kappa shape index (κ1) is 12.9. The lowest BCUT2D eigenvalue weighted by Gasteiger charge is -2.18. The van der Waals surface area contributed by atoms with E-state index in [9.17, 15) is 0 Å². The zero-order chi connectivity index (χ0) is 12.8. The lowest BCUT2D eigenvalue weighted by molar-refractivity contribution is 0.594. The van der Waals surface area contributed by atoms with E-state index in [0.717, 1.165) is 17.6 Å². The van der Waals surface area contributed by atoms with Crippen LogP contribution in [0, 0.1) is 0 Å². The Kier molecular flexibility index (Phi) is 4.57. The molecule has 0 amide bonds. The first-order valence-corrected chi connectivity index (χ1v) is 6.95. The lowest BCUT2D eigenvalue weighted by atomic mass is 10.1. The largest absolute Gasteiger partial charge is 0.381 e. The van der Waals surface area contributed by atoms with E-state index in [2.05, 4.69) is 48.4 Å². The third kappa shape index (κ3) is 3.00. The van der Waals surface area contributed by atoms with E-state index in [1.165, 1.54) is 24.6 Å². The maximum Gasteiger partial charge on any atom is 0.0933 e. The molecule has 2 nitrogen and oxygen atoms in total. The first-order chi connectivity index (χ1) is 8.85. The number of aromatic nitrogens is 1. The van der Waals surface area contributed by atoms with Crippen molar-refractivity contribution in [1.82, 2.24) is 4.98 Å². The minimum atomic E-state index is 0.553. The summed E-state index contributed by atoms with van der Waals surface area (Å²) in [6, 6.07) is 11.0. The summed E-state index contributed by atoms with van der Waals surface area (Å²) in [5, 5.41) is 4.85. The number of rotatable bonds is 6. The molecule has 0 bridgehead atoms. The number of benzene rings is 1. The van der Waals surface area contributed by atoms with Crippen molar-refractivity contribution in [2.75, 3.05) is 5.32 Å². The number of anilines is 1. The molecule has 1 aromatic carbocycles. The third-order valence-corrected chi connectivity index (χ3v) is 3.39. The van der Waals surface area contributed by atoms with Gasteiger partial charge in [-0.25, -0.2) is 0 Å². The van der Waals surface area contributed by atoms with Crippen LogP contribution < -0.4 is 5.32 Å². The van der Waals surface area contributed by atoms with Gasteiger partial charge in [-0.1, -0.05) is 44.9 Å². The number of nitrogens with one attached hydrogen (secondary N) is 1. The van der Waals surface area contributed by atoms with Crippen molar-refractivity contribution in [1.29, 1.82) is 0 Å². The summed E-state index contributed by atoms with van der Waals surface area (Å²) in [6.45, 7) is 4.48. The molecule has 1 atom stereocenters. The van der Waals surface area contributed by atoms with Crippen LogP contribution in [0.25, 0.3) is 10.9 Å². The van der Waals surface area contributed by atoms with Crippen LogP contribution in [0.1, 0.15) is 39.5 Å². The highest BCUT2D eigenvalue weighted by Gasteiger charge is 2.08. The summed E-state index contributed by atoms with van der Waals surface area (Å²) in [6.07, 6.45) is 6.79. The maximum atomic E-state index is 4.49. The van der Waals surface area contributed by atoms with Crippen LogP contribution in [0.5, 0.6) is 0 Å². The highest BCUT2D eigenvalue weighted by Crippen LogP contribution is 2.22. The molecule has 0 fully saturated rings. The fourth-order valence-corrected chi connectivity index (χ4v) is 2.27. The molecule has 0 aliphatic rings. The number of fused-ring (bicyclic) bond motifs is 1. The number of pyridine rings is 1. The Balaban J connectivity index is 2.19. The van der Waals surface area contributed by atoms with E-state index >= 15 is 0 Å². The van der Waals surface area contributed by atoms with Crippen molar-refractivity contribution in [3.05, 3.63) is 36.5 Å². The zero-order valence-electron chi connectivity index (χ0n) is 11.3. The average Bonchev–Trinajstić information content (AvgIpc) is 2.43. The summed E-state index contributed by atoms with van der Waals surface area (Å²) in [5.74, 6) is 0.